The summed E-state index contributed by atoms with van der Waals surface area (Å²) < 4.78 is 13.6. The molecule has 0 bridgehead atoms. The van der Waals surface area contributed by atoms with Crippen LogP contribution < -0.4 is 0 Å². The highest BCUT2D eigenvalue weighted by molar-refractivity contribution is 9.10. The summed E-state index contributed by atoms with van der Waals surface area (Å²) >= 11 is 4.94. The van der Waals surface area contributed by atoms with E-state index in [4.69, 9.17) is 0 Å². The highest BCUT2D eigenvalue weighted by Gasteiger charge is 2.10. The first kappa shape index (κ1) is 12.7. The van der Waals surface area contributed by atoms with Crippen molar-refractivity contribution in [1.29, 1.82) is 0 Å². The van der Waals surface area contributed by atoms with Crippen LogP contribution in [0.5, 0.6) is 0 Å². The van der Waals surface area contributed by atoms with Crippen molar-refractivity contribution in [3.8, 4) is 0 Å². The first-order valence-corrected chi connectivity index (χ1v) is 6.97. The third-order valence-corrected chi connectivity index (χ3v) is 4.12. The summed E-state index contributed by atoms with van der Waals surface area (Å²) in [5, 5.41) is 12.0. The number of hydrogen-bond acceptors (Lipinski definition) is 2. The molecule has 90 valence electrons. The molecule has 0 aliphatic rings. The molecule has 17 heavy (non-hydrogen) atoms. The van der Waals surface area contributed by atoms with Gasteiger partial charge in [-0.25, -0.2) is 4.39 Å². The third-order valence-electron chi connectivity index (χ3n) is 2.49. The van der Waals surface area contributed by atoms with Crippen molar-refractivity contribution in [2.75, 3.05) is 0 Å². The fraction of sp³-hybridized carbons (Fsp3) is 0.231. The van der Waals surface area contributed by atoms with Gasteiger partial charge >= 0.3 is 0 Å². The van der Waals surface area contributed by atoms with Gasteiger partial charge in [0.05, 0.1) is 6.10 Å². The first-order chi connectivity index (χ1) is 8.15. The number of aliphatic hydroxyl groups excluding tert-OH is 1. The van der Waals surface area contributed by atoms with Gasteiger partial charge in [-0.1, -0.05) is 28.1 Å². The first-order valence-electron chi connectivity index (χ1n) is 5.29. The van der Waals surface area contributed by atoms with Crippen LogP contribution in [0, 0.1) is 5.82 Å². The predicted octanol–water partition coefficient (Wildman–Crippen LogP) is 3.80. The van der Waals surface area contributed by atoms with Crippen LogP contribution in [0.1, 0.15) is 10.4 Å². The molecule has 0 saturated heterocycles. The molecule has 0 radical (unpaired) electrons. The molecule has 0 saturated carbocycles. The van der Waals surface area contributed by atoms with Crippen LogP contribution in [0.4, 0.5) is 4.39 Å². The standard InChI is InChI=1S/C13H12BrFOS/c14-13-7-10(15)4-3-9(13)6-11(16)8-12-2-1-5-17-12/h1-5,7,11,16H,6,8H2. The van der Waals surface area contributed by atoms with Gasteiger partial charge in [-0.05, 0) is 35.6 Å². The number of thiophene rings is 1. The van der Waals surface area contributed by atoms with Crippen LogP contribution in [0.2, 0.25) is 0 Å². The van der Waals surface area contributed by atoms with Gasteiger partial charge in [0.15, 0.2) is 0 Å². The minimum atomic E-state index is -0.435. The Labute approximate surface area is 112 Å². The van der Waals surface area contributed by atoms with Crippen molar-refractivity contribution < 1.29 is 9.50 Å². The molecule has 1 N–H and O–H groups in total. The number of rotatable bonds is 4. The van der Waals surface area contributed by atoms with Crippen molar-refractivity contribution >= 4 is 27.3 Å². The Hall–Kier alpha value is -0.710. The molecule has 4 heteroatoms. The van der Waals surface area contributed by atoms with Crippen LogP contribution in [-0.4, -0.2) is 11.2 Å². The van der Waals surface area contributed by atoms with Crippen molar-refractivity contribution in [2.45, 2.75) is 18.9 Å². The average Bonchev–Trinajstić information content (AvgIpc) is 2.75. The van der Waals surface area contributed by atoms with Crippen LogP contribution in [0.3, 0.4) is 0 Å². The molecule has 2 rings (SSSR count). The Morgan fingerprint density at radius 1 is 1.29 bits per heavy atom. The smallest absolute Gasteiger partial charge is 0.124 e. The fourth-order valence-corrected chi connectivity index (χ4v) is 2.96. The van der Waals surface area contributed by atoms with Gasteiger partial charge in [-0.3, -0.25) is 0 Å². The Bertz CT molecular complexity index is 484. The maximum Gasteiger partial charge on any atom is 0.124 e. The van der Waals surface area contributed by atoms with Gasteiger partial charge in [0.25, 0.3) is 0 Å². The van der Waals surface area contributed by atoms with Gasteiger partial charge in [0.1, 0.15) is 5.82 Å². The SMILES string of the molecule is OC(Cc1cccs1)Cc1ccc(F)cc1Br. The topological polar surface area (TPSA) is 20.2 Å². The molecule has 0 aliphatic heterocycles. The van der Waals surface area contributed by atoms with Crippen LogP contribution in [-0.2, 0) is 12.8 Å². The van der Waals surface area contributed by atoms with E-state index >= 15 is 0 Å². The van der Waals surface area contributed by atoms with E-state index in [1.807, 2.05) is 17.5 Å². The molecule has 1 aromatic heterocycles. The minimum Gasteiger partial charge on any atom is -0.392 e. The second-order valence-corrected chi connectivity index (χ2v) is 5.76. The van der Waals surface area contributed by atoms with E-state index in [-0.39, 0.29) is 5.82 Å². The Morgan fingerprint density at radius 2 is 2.12 bits per heavy atom. The Balaban J connectivity index is 2.00. The lowest BCUT2D eigenvalue weighted by Crippen LogP contribution is -2.13. The van der Waals surface area contributed by atoms with Crippen molar-refractivity contribution in [1.82, 2.24) is 0 Å². The molecule has 1 atom stereocenters. The zero-order valence-corrected chi connectivity index (χ0v) is 11.5. The highest BCUT2D eigenvalue weighted by Crippen LogP contribution is 2.21. The van der Waals surface area contributed by atoms with Crippen molar-refractivity contribution in [2.24, 2.45) is 0 Å². The number of benzene rings is 1. The average molecular weight is 315 g/mol. The normalized spacial score (nSPS) is 12.6. The number of halogens is 2. The van der Waals surface area contributed by atoms with E-state index in [1.165, 1.54) is 12.1 Å². The van der Waals surface area contributed by atoms with Gasteiger partial charge in [0, 0.05) is 15.8 Å². The summed E-state index contributed by atoms with van der Waals surface area (Å²) in [6.45, 7) is 0. The number of aliphatic hydroxyl groups is 1. The van der Waals surface area contributed by atoms with Crippen LogP contribution in [0.25, 0.3) is 0 Å². The van der Waals surface area contributed by atoms with Crippen molar-refractivity contribution in [3.63, 3.8) is 0 Å². The molecular formula is C13H12BrFOS. The van der Waals surface area contributed by atoms with Crippen molar-refractivity contribution in [3.05, 3.63) is 56.4 Å². The summed E-state index contributed by atoms with van der Waals surface area (Å²) in [5.74, 6) is -0.270. The summed E-state index contributed by atoms with van der Waals surface area (Å²) in [7, 11) is 0. The summed E-state index contributed by atoms with van der Waals surface area (Å²) in [6, 6.07) is 8.52. The third kappa shape index (κ3) is 3.63. The van der Waals surface area contributed by atoms with E-state index in [9.17, 15) is 9.50 Å². The van der Waals surface area contributed by atoms with Crippen LogP contribution in [0.15, 0.2) is 40.2 Å². The van der Waals surface area contributed by atoms with E-state index in [0.717, 1.165) is 10.4 Å². The maximum absolute atomic E-state index is 12.9. The second kappa shape index (κ2) is 5.76. The molecule has 2 aromatic rings. The van der Waals surface area contributed by atoms with E-state index in [0.29, 0.717) is 17.3 Å². The molecule has 0 fully saturated rings. The summed E-state index contributed by atoms with van der Waals surface area (Å²) in [5.41, 5.74) is 0.926. The zero-order chi connectivity index (χ0) is 12.3. The number of hydrogen-bond donors (Lipinski definition) is 1. The quantitative estimate of drug-likeness (QED) is 0.910. The molecule has 1 nitrogen and oxygen atoms in total. The minimum absolute atomic E-state index is 0.270. The van der Waals surface area contributed by atoms with Crippen LogP contribution >= 0.6 is 27.3 Å². The molecule has 1 unspecified atom stereocenters. The second-order valence-electron chi connectivity index (χ2n) is 3.88. The van der Waals surface area contributed by atoms with Gasteiger partial charge in [-0.15, -0.1) is 11.3 Å². The largest absolute Gasteiger partial charge is 0.392 e. The Morgan fingerprint density at radius 3 is 2.76 bits per heavy atom. The molecule has 1 aromatic carbocycles. The lowest BCUT2D eigenvalue weighted by molar-refractivity contribution is 0.176. The summed E-state index contributed by atoms with van der Waals surface area (Å²) in [4.78, 5) is 1.16. The fourth-order valence-electron chi connectivity index (χ4n) is 1.67. The molecular weight excluding hydrogens is 303 g/mol. The predicted molar refractivity (Wildman–Crippen MR) is 71.8 cm³/mol. The zero-order valence-electron chi connectivity index (χ0n) is 9.07. The lowest BCUT2D eigenvalue weighted by Gasteiger charge is -2.11. The van der Waals surface area contributed by atoms with E-state index in [1.54, 1.807) is 17.4 Å². The molecule has 0 spiro atoms. The lowest BCUT2D eigenvalue weighted by atomic mass is 10.1. The summed E-state index contributed by atoms with van der Waals surface area (Å²) in [6.07, 6.45) is 0.732. The molecule has 0 amide bonds. The van der Waals surface area contributed by atoms with Gasteiger partial charge in [-0.2, -0.15) is 0 Å². The molecule has 1 heterocycles. The maximum atomic E-state index is 12.9. The molecule has 0 aliphatic carbocycles. The van der Waals surface area contributed by atoms with E-state index in [2.05, 4.69) is 15.9 Å². The van der Waals surface area contributed by atoms with Gasteiger partial charge < -0.3 is 5.11 Å². The Kier molecular flexibility index (Phi) is 4.31. The van der Waals surface area contributed by atoms with E-state index < -0.39 is 6.10 Å². The monoisotopic (exact) mass is 314 g/mol. The van der Waals surface area contributed by atoms with Gasteiger partial charge in [0.2, 0.25) is 0 Å². The highest BCUT2D eigenvalue weighted by atomic mass is 79.9.